The number of thiazole rings is 1. The van der Waals surface area contributed by atoms with Crippen molar-refractivity contribution in [2.75, 3.05) is 12.4 Å². The zero-order valence-electron chi connectivity index (χ0n) is 22.6. The summed E-state index contributed by atoms with van der Waals surface area (Å²) in [5.41, 5.74) is -0.191. The SMILES string of the molecule is COc1ccc(C(F)(F)F)cc1-c1cc(-n2ncc(C)cc2=O)ncc1C(=O)Nc1nc2ncc(C#CC3CC3)nc2s1. The van der Waals surface area contributed by atoms with Gasteiger partial charge in [0.2, 0.25) is 0 Å². The molecule has 43 heavy (non-hydrogen) atoms. The summed E-state index contributed by atoms with van der Waals surface area (Å²) >= 11 is 1.07. The Bertz CT molecular complexity index is 2020. The molecule has 0 radical (unpaired) electrons. The predicted octanol–water partition coefficient (Wildman–Crippen LogP) is 5.04. The van der Waals surface area contributed by atoms with Crippen LogP contribution >= 0.6 is 11.3 Å². The number of rotatable bonds is 5. The molecular formula is C29H20F3N7O3S. The molecule has 1 aromatic carbocycles. The van der Waals surface area contributed by atoms with Gasteiger partial charge in [-0.3, -0.25) is 14.9 Å². The molecule has 1 aliphatic rings. The first-order valence-corrected chi connectivity index (χ1v) is 13.7. The van der Waals surface area contributed by atoms with E-state index < -0.39 is 23.2 Å². The van der Waals surface area contributed by atoms with Crippen LogP contribution < -0.4 is 15.6 Å². The fourth-order valence-electron chi connectivity index (χ4n) is 4.13. The summed E-state index contributed by atoms with van der Waals surface area (Å²) in [4.78, 5) is 43.9. The van der Waals surface area contributed by atoms with Crippen LogP contribution in [0, 0.1) is 24.7 Å². The molecule has 0 unspecified atom stereocenters. The van der Waals surface area contributed by atoms with Crippen molar-refractivity contribution in [2.24, 2.45) is 5.92 Å². The number of hydrogen-bond acceptors (Lipinski definition) is 9. The van der Waals surface area contributed by atoms with Crippen LogP contribution in [0.3, 0.4) is 0 Å². The normalized spacial score (nSPS) is 13.0. The number of anilines is 1. The van der Waals surface area contributed by atoms with E-state index in [9.17, 15) is 22.8 Å². The van der Waals surface area contributed by atoms with Crippen molar-refractivity contribution < 1.29 is 22.7 Å². The molecule has 216 valence electrons. The number of amides is 1. The third kappa shape index (κ3) is 5.93. The first-order valence-electron chi connectivity index (χ1n) is 12.9. The summed E-state index contributed by atoms with van der Waals surface area (Å²) in [6.07, 6.45) is 1.57. The molecule has 6 rings (SSSR count). The minimum absolute atomic E-state index is 0.00996. The molecule has 1 N–H and O–H groups in total. The number of benzene rings is 1. The third-order valence-electron chi connectivity index (χ3n) is 6.43. The standard InChI is InChI=1S/C29H20F3N7O3S/c1-15-9-24(40)39(35-12-15)23-11-19(20-10-17(29(30,31)32)6-8-22(20)42-2)21(14-33-23)26(41)38-28-37-25-27(43-28)36-18(13-34-25)7-5-16-3-4-16/h6,8-14,16H,3-4H2,1-2H3,(H,34,37,38,41). The minimum Gasteiger partial charge on any atom is -0.496 e. The number of carbonyl (C=O) groups excluding carboxylic acids is 1. The Morgan fingerprint density at radius 3 is 2.63 bits per heavy atom. The van der Waals surface area contributed by atoms with E-state index in [4.69, 9.17) is 4.74 Å². The van der Waals surface area contributed by atoms with Crippen LogP contribution in [0.2, 0.25) is 0 Å². The van der Waals surface area contributed by atoms with Crippen LogP contribution in [0.25, 0.3) is 27.4 Å². The number of fused-ring (bicyclic) bond motifs is 1. The van der Waals surface area contributed by atoms with E-state index in [0.717, 1.165) is 53.3 Å². The van der Waals surface area contributed by atoms with Gasteiger partial charge in [0.25, 0.3) is 11.5 Å². The molecule has 0 bridgehead atoms. The summed E-state index contributed by atoms with van der Waals surface area (Å²) < 4.78 is 47.5. The van der Waals surface area contributed by atoms with Gasteiger partial charge in [0.05, 0.1) is 30.6 Å². The molecule has 10 nitrogen and oxygen atoms in total. The molecule has 0 saturated heterocycles. The Morgan fingerprint density at radius 2 is 1.91 bits per heavy atom. The van der Waals surface area contributed by atoms with Gasteiger partial charge in [0, 0.05) is 29.3 Å². The summed E-state index contributed by atoms with van der Waals surface area (Å²) in [6, 6.07) is 5.54. The largest absolute Gasteiger partial charge is 0.496 e. The number of pyridine rings is 1. The Kier molecular flexibility index (Phi) is 7.10. The maximum Gasteiger partial charge on any atom is 0.416 e. The average molecular weight is 604 g/mol. The fraction of sp³-hybridized carbons (Fsp3) is 0.207. The van der Waals surface area contributed by atoms with E-state index in [0.29, 0.717) is 27.7 Å². The lowest BCUT2D eigenvalue weighted by Gasteiger charge is -2.16. The Morgan fingerprint density at radius 1 is 1.09 bits per heavy atom. The first-order chi connectivity index (χ1) is 20.6. The second-order valence-electron chi connectivity index (χ2n) is 9.68. The van der Waals surface area contributed by atoms with Gasteiger partial charge in [0.15, 0.2) is 21.4 Å². The second-order valence-corrected chi connectivity index (χ2v) is 10.7. The van der Waals surface area contributed by atoms with Gasteiger partial charge in [-0.25, -0.2) is 15.0 Å². The first kappa shape index (κ1) is 28.0. The van der Waals surface area contributed by atoms with Crippen molar-refractivity contribution in [3.8, 4) is 34.5 Å². The second kappa shape index (κ2) is 10.9. The number of nitrogens with zero attached hydrogens (tertiary/aromatic N) is 6. The summed E-state index contributed by atoms with van der Waals surface area (Å²) in [7, 11) is 1.30. The molecule has 0 atom stereocenters. The number of aryl methyl sites for hydroxylation is 1. The van der Waals surface area contributed by atoms with Crippen LogP contribution in [0.5, 0.6) is 5.75 Å². The van der Waals surface area contributed by atoms with Crippen LogP contribution in [0.15, 0.2) is 53.7 Å². The predicted molar refractivity (Wildman–Crippen MR) is 152 cm³/mol. The number of nitrogens with one attached hydrogen (secondary N) is 1. The molecule has 0 spiro atoms. The van der Waals surface area contributed by atoms with Gasteiger partial charge in [-0.1, -0.05) is 17.3 Å². The molecule has 1 fully saturated rings. The lowest BCUT2D eigenvalue weighted by molar-refractivity contribution is -0.137. The van der Waals surface area contributed by atoms with Gasteiger partial charge >= 0.3 is 6.18 Å². The Hall–Kier alpha value is -5.16. The summed E-state index contributed by atoms with van der Waals surface area (Å²) in [5.74, 6) is 5.83. The van der Waals surface area contributed by atoms with Crippen LogP contribution in [-0.4, -0.2) is 42.7 Å². The zero-order chi connectivity index (χ0) is 30.3. The van der Waals surface area contributed by atoms with Crippen molar-refractivity contribution in [2.45, 2.75) is 25.9 Å². The van der Waals surface area contributed by atoms with Gasteiger partial charge < -0.3 is 4.74 Å². The Labute approximate surface area is 245 Å². The Balaban J connectivity index is 1.43. The fourth-order valence-corrected chi connectivity index (χ4v) is 4.93. The van der Waals surface area contributed by atoms with E-state index in [-0.39, 0.29) is 33.4 Å². The highest BCUT2D eigenvalue weighted by Gasteiger charge is 2.32. The number of ether oxygens (including phenoxy) is 1. The van der Waals surface area contributed by atoms with Crippen molar-refractivity contribution in [1.29, 1.82) is 0 Å². The molecule has 14 heteroatoms. The maximum atomic E-state index is 13.7. The van der Waals surface area contributed by atoms with Crippen molar-refractivity contribution in [3.05, 3.63) is 81.7 Å². The van der Waals surface area contributed by atoms with Crippen LogP contribution in [0.1, 0.15) is 40.0 Å². The molecule has 1 saturated carbocycles. The number of hydrogen-bond donors (Lipinski definition) is 1. The molecule has 5 aromatic rings. The lowest BCUT2D eigenvalue weighted by atomic mass is 9.97. The van der Waals surface area contributed by atoms with E-state index in [1.165, 1.54) is 31.6 Å². The van der Waals surface area contributed by atoms with E-state index in [1.807, 2.05) is 0 Å². The van der Waals surface area contributed by atoms with Crippen LogP contribution in [-0.2, 0) is 6.18 Å². The number of alkyl halides is 3. The lowest BCUT2D eigenvalue weighted by Crippen LogP contribution is -2.22. The van der Waals surface area contributed by atoms with Gasteiger partial charge in [0.1, 0.15) is 11.4 Å². The number of halogens is 3. The molecule has 4 heterocycles. The van der Waals surface area contributed by atoms with E-state index in [1.54, 1.807) is 6.92 Å². The third-order valence-corrected chi connectivity index (χ3v) is 7.28. The molecule has 1 amide bonds. The molecule has 1 aliphatic carbocycles. The average Bonchev–Trinajstić information content (AvgIpc) is 3.72. The molecule has 4 aromatic heterocycles. The highest BCUT2D eigenvalue weighted by Crippen LogP contribution is 2.39. The number of carbonyl (C=O) groups is 1. The topological polar surface area (TPSA) is 125 Å². The van der Waals surface area contributed by atoms with Gasteiger partial charge in [-0.2, -0.15) is 27.9 Å². The smallest absolute Gasteiger partial charge is 0.416 e. The minimum atomic E-state index is -4.67. The summed E-state index contributed by atoms with van der Waals surface area (Å²) in [6.45, 7) is 1.69. The quantitative estimate of drug-likeness (QED) is 0.277. The van der Waals surface area contributed by atoms with Crippen molar-refractivity contribution >= 4 is 32.9 Å². The molecule has 0 aliphatic heterocycles. The highest BCUT2D eigenvalue weighted by molar-refractivity contribution is 7.21. The number of methoxy groups -OCH3 is 1. The summed E-state index contributed by atoms with van der Waals surface area (Å²) in [5, 5.41) is 6.91. The van der Waals surface area contributed by atoms with E-state index >= 15 is 0 Å². The van der Waals surface area contributed by atoms with Crippen molar-refractivity contribution in [1.82, 2.24) is 29.7 Å². The van der Waals surface area contributed by atoms with Crippen LogP contribution in [0.4, 0.5) is 18.3 Å². The highest BCUT2D eigenvalue weighted by atomic mass is 32.1. The van der Waals surface area contributed by atoms with E-state index in [2.05, 4.69) is 42.2 Å². The van der Waals surface area contributed by atoms with Gasteiger partial charge in [-0.15, -0.1) is 0 Å². The zero-order valence-corrected chi connectivity index (χ0v) is 23.4. The van der Waals surface area contributed by atoms with Crippen molar-refractivity contribution in [3.63, 3.8) is 0 Å². The monoisotopic (exact) mass is 603 g/mol. The maximum absolute atomic E-state index is 13.7. The molecular weight excluding hydrogens is 583 g/mol. The van der Waals surface area contributed by atoms with Gasteiger partial charge in [-0.05, 0) is 55.5 Å². The number of aromatic nitrogens is 6.